The Balaban J connectivity index is 2.23. The summed E-state index contributed by atoms with van der Waals surface area (Å²) in [5, 5.41) is 6.19. The smallest absolute Gasteiger partial charge is 0.244 e. The average molecular weight is 374 g/mol. The molecular formula is C16H24ClN3O3S. The van der Waals surface area contributed by atoms with Gasteiger partial charge in [0, 0.05) is 24.7 Å². The number of piperidine rings is 1. The standard InChI is InChI=1S/C16H24ClN3O3S/c1-3-20(4-2)24(22,23)15-11-13(5-6-14(15)17)19-16(21)12-7-9-18-10-8-12/h5-6,11-12,18H,3-4,7-10H2,1-2H3,(H,19,21). The first kappa shape index (κ1) is 19.2. The van der Waals surface area contributed by atoms with Crippen molar-refractivity contribution >= 4 is 33.2 Å². The molecule has 24 heavy (non-hydrogen) atoms. The van der Waals surface area contributed by atoms with Gasteiger partial charge in [0.15, 0.2) is 0 Å². The molecule has 0 aliphatic carbocycles. The van der Waals surface area contributed by atoms with Gasteiger partial charge in [-0.05, 0) is 44.1 Å². The monoisotopic (exact) mass is 373 g/mol. The normalized spacial score (nSPS) is 16.3. The van der Waals surface area contributed by atoms with E-state index in [1.54, 1.807) is 19.9 Å². The van der Waals surface area contributed by atoms with Gasteiger partial charge in [-0.1, -0.05) is 25.4 Å². The van der Waals surface area contributed by atoms with Gasteiger partial charge in [0.05, 0.1) is 5.02 Å². The second-order valence-corrected chi connectivity index (χ2v) is 8.06. The van der Waals surface area contributed by atoms with E-state index in [-0.39, 0.29) is 21.7 Å². The van der Waals surface area contributed by atoms with Crippen LogP contribution < -0.4 is 10.6 Å². The number of amides is 1. The highest BCUT2D eigenvalue weighted by atomic mass is 35.5. The zero-order valence-corrected chi connectivity index (χ0v) is 15.6. The fourth-order valence-electron chi connectivity index (χ4n) is 2.81. The molecule has 0 aromatic heterocycles. The number of nitrogens with zero attached hydrogens (tertiary/aromatic N) is 1. The van der Waals surface area contributed by atoms with E-state index >= 15 is 0 Å². The Labute approximate surface area is 148 Å². The fraction of sp³-hybridized carbons (Fsp3) is 0.562. The van der Waals surface area contributed by atoms with Crippen LogP contribution >= 0.6 is 11.6 Å². The molecule has 1 heterocycles. The largest absolute Gasteiger partial charge is 0.326 e. The second-order valence-electron chi connectivity index (χ2n) is 5.75. The second kappa shape index (κ2) is 8.29. The lowest BCUT2D eigenvalue weighted by Gasteiger charge is -2.22. The lowest BCUT2D eigenvalue weighted by molar-refractivity contribution is -0.120. The van der Waals surface area contributed by atoms with E-state index in [2.05, 4.69) is 10.6 Å². The zero-order valence-electron chi connectivity index (χ0n) is 14.0. The lowest BCUT2D eigenvalue weighted by Crippen LogP contribution is -2.34. The Morgan fingerprint density at radius 2 is 1.92 bits per heavy atom. The van der Waals surface area contributed by atoms with Crippen LogP contribution in [0, 0.1) is 5.92 Å². The highest BCUT2D eigenvalue weighted by Gasteiger charge is 2.26. The topological polar surface area (TPSA) is 78.5 Å². The molecule has 1 fully saturated rings. The predicted octanol–water partition coefficient (Wildman–Crippen LogP) is 2.31. The van der Waals surface area contributed by atoms with Gasteiger partial charge < -0.3 is 10.6 Å². The minimum Gasteiger partial charge on any atom is -0.326 e. The van der Waals surface area contributed by atoms with Crippen LogP contribution in [0.4, 0.5) is 5.69 Å². The van der Waals surface area contributed by atoms with Crippen LogP contribution in [0.1, 0.15) is 26.7 Å². The highest BCUT2D eigenvalue weighted by molar-refractivity contribution is 7.89. The van der Waals surface area contributed by atoms with E-state index in [1.165, 1.54) is 16.4 Å². The molecule has 134 valence electrons. The number of rotatable bonds is 6. The van der Waals surface area contributed by atoms with Crippen LogP contribution in [0.5, 0.6) is 0 Å². The SMILES string of the molecule is CCN(CC)S(=O)(=O)c1cc(NC(=O)C2CCNCC2)ccc1Cl. The Hall–Kier alpha value is -1.15. The first-order valence-corrected chi connectivity index (χ1v) is 10.0. The van der Waals surface area contributed by atoms with E-state index in [1.807, 2.05) is 0 Å². The Kier molecular flexibility index (Phi) is 6.62. The lowest BCUT2D eigenvalue weighted by atomic mass is 9.97. The minimum atomic E-state index is -3.67. The van der Waals surface area contributed by atoms with Crippen LogP contribution in [-0.4, -0.2) is 44.8 Å². The number of hydrogen-bond acceptors (Lipinski definition) is 4. The third-order valence-electron chi connectivity index (χ3n) is 4.23. The Bertz CT molecular complexity index is 684. The molecule has 1 aliphatic rings. The number of anilines is 1. The molecule has 0 unspecified atom stereocenters. The van der Waals surface area contributed by atoms with Crippen molar-refractivity contribution in [1.82, 2.24) is 9.62 Å². The van der Waals surface area contributed by atoms with Crippen molar-refractivity contribution in [3.63, 3.8) is 0 Å². The quantitative estimate of drug-likeness (QED) is 0.802. The van der Waals surface area contributed by atoms with E-state index < -0.39 is 10.0 Å². The minimum absolute atomic E-state index is 0.0241. The molecule has 6 nitrogen and oxygen atoms in total. The first-order valence-electron chi connectivity index (χ1n) is 8.21. The molecule has 2 rings (SSSR count). The van der Waals surface area contributed by atoms with Crippen LogP contribution in [0.2, 0.25) is 5.02 Å². The molecule has 2 N–H and O–H groups in total. The molecule has 0 spiro atoms. The molecule has 1 aromatic rings. The van der Waals surface area contributed by atoms with Crippen LogP contribution in [0.3, 0.4) is 0 Å². The predicted molar refractivity (Wildman–Crippen MR) is 95.8 cm³/mol. The molecule has 1 amide bonds. The summed E-state index contributed by atoms with van der Waals surface area (Å²) < 4.78 is 26.7. The molecule has 0 radical (unpaired) electrons. The molecule has 8 heteroatoms. The van der Waals surface area contributed by atoms with E-state index in [9.17, 15) is 13.2 Å². The van der Waals surface area contributed by atoms with Gasteiger partial charge in [-0.3, -0.25) is 4.79 Å². The molecule has 1 aliphatic heterocycles. The van der Waals surface area contributed by atoms with Gasteiger partial charge in [-0.25, -0.2) is 8.42 Å². The summed E-state index contributed by atoms with van der Waals surface area (Å²) in [6.45, 7) is 5.91. The molecule has 0 bridgehead atoms. The fourth-order valence-corrected chi connectivity index (χ4v) is 4.77. The Morgan fingerprint density at radius 3 is 2.50 bits per heavy atom. The van der Waals surface area contributed by atoms with Crippen molar-refractivity contribution in [1.29, 1.82) is 0 Å². The molecule has 1 aromatic carbocycles. The van der Waals surface area contributed by atoms with Gasteiger partial charge in [-0.2, -0.15) is 4.31 Å². The summed E-state index contributed by atoms with van der Waals surface area (Å²) in [6.07, 6.45) is 1.56. The highest BCUT2D eigenvalue weighted by Crippen LogP contribution is 2.28. The molecular weight excluding hydrogens is 350 g/mol. The summed E-state index contributed by atoms with van der Waals surface area (Å²) in [7, 11) is -3.67. The van der Waals surface area contributed by atoms with Crippen molar-refractivity contribution < 1.29 is 13.2 Å². The van der Waals surface area contributed by atoms with Crippen molar-refractivity contribution in [3.05, 3.63) is 23.2 Å². The third kappa shape index (κ3) is 4.27. The maximum absolute atomic E-state index is 12.7. The number of benzene rings is 1. The van der Waals surface area contributed by atoms with E-state index in [0.29, 0.717) is 18.8 Å². The van der Waals surface area contributed by atoms with E-state index in [4.69, 9.17) is 11.6 Å². The maximum Gasteiger partial charge on any atom is 0.244 e. The van der Waals surface area contributed by atoms with Crippen molar-refractivity contribution in [2.75, 3.05) is 31.5 Å². The molecule has 0 saturated carbocycles. The van der Waals surface area contributed by atoms with Gasteiger partial charge in [0.1, 0.15) is 4.90 Å². The Morgan fingerprint density at radius 1 is 1.29 bits per heavy atom. The number of hydrogen-bond donors (Lipinski definition) is 2. The van der Waals surface area contributed by atoms with Crippen LogP contribution in [-0.2, 0) is 14.8 Å². The van der Waals surface area contributed by atoms with E-state index in [0.717, 1.165) is 25.9 Å². The van der Waals surface area contributed by atoms with Crippen molar-refractivity contribution in [3.8, 4) is 0 Å². The van der Waals surface area contributed by atoms with Crippen molar-refractivity contribution in [2.45, 2.75) is 31.6 Å². The maximum atomic E-state index is 12.7. The number of halogens is 1. The summed E-state index contributed by atoms with van der Waals surface area (Å²) in [4.78, 5) is 12.4. The number of carbonyl (C=O) groups excluding carboxylic acids is 1. The first-order chi connectivity index (χ1) is 11.4. The van der Waals surface area contributed by atoms with Crippen LogP contribution in [0.15, 0.2) is 23.1 Å². The van der Waals surface area contributed by atoms with Gasteiger partial charge in [0.2, 0.25) is 15.9 Å². The van der Waals surface area contributed by atoms with Crippen LogP contribution in [0.25, 0.3) is 0 Å². The van der Waals surface area contributed by atoms with Gasteiger partial charge in [0.25, 0.3) is 0 Å². The number of carbonyl (C=O) groups is 1. The van der Waals surface area contributed by atoms with Gasteiger partial charge in [-0.15, -0.1) is 0 Å². The zero-order chi connectivity index (χ0) is 17.7. The third-order valence-corrected chi connectivity index (χ3v) is 6.76. The molecule has 1 saturated heterocycles. The average Bonchev–Trinajstić information content (AvgIpc) is 2.58. The summed E-state index contributed by atoms with van der Waals surface area (Å²) >= 11 is 6.10. The molecule has 0 atom stereocenters. The number of sulfonamides is 1. The number of nitrogens with one attached hydrogen (secondary N) is 2. The summed E-state index contributed by atoms with van der Waals surface area (Å²) in [6, 6.07) is 4.58. The summed E-state index contributed by atoms with van der Waals surface area (Å²) in [5.74, 6) is -0.130. The van der Waals surface area contributed by atoms with Gasteiger partial charge >= 0.3 is 0 Å². The van der Waals surface area contributed by atoms with Crippen molar-refractivity contribution in [2.24, 2.45) is 5.92 Å². The summed E-state index contributed by atoms with van der Waals surface area (Å²) in [5.41, 5.74) is 0.452.